The van der Waals surface area contributed by atoms with Gasteiger partial charge in [-0.2, -0.15) is 0 Å². The predicted octanol–water partition coefficient (Wildman–Crippen LogP) is 6.18. The summed E-state index contributed by atoms with van der Waals surface area (Å²) in [4.78, 5) is 0. The molecule has 0 aliphatic heterocycles. The SMILES string of the molecule is C.CC.CC1CCCCC1.CO.C\C=C/C(=C\C=C\N/C=C(/C)CNC)OC. The van der Waals surface area contributed by atoms with E-state index in [0.29, 0.717) is 0 Å². The number of hydrogen-bond donors (Lipinski definition) is 3. The van der Waals surface area contributed by atoms with E-state index in [1.165, 1.54) is 37.7 Å². The second kappa shape index (κ2) is 30.2. The minimum atomic E-state index is 0. The molecule has 0 amide bonds. The van der Waals surface area contributed by atoms with Gasteiger partial charge in [-0.15, -0.1) is 0 Å². The topological polar surface area (TPSA) is 53.5 Å². The number of allylic oxidation sites excluding steroid dienone is 4. The summed E-state index contributed by atoms with van der Waals surface area (Å²) in [5.41, 5.74) is 1.25. The van der Waals surface area contributed by atoms with Crippen LogP contribution in [-0.2, 0) is 4.74 Å². The first kappa shape index (κ1) is 34.0. The van der Waals surface area contributed by atoms with Gasteiger partial charge in [-0.1, -0.05) is 66.4 Å². The van der Waals surface area contributed by atoms with Crippen LogP contribution in [0.25, 0.3) is 0 Å². The highest BCUT2D eigenvalue weighted by Crippen LogP contribution is 2.22. The van der Waals surface area contributed by atoms with E-state index in [0.717, 1.165) is 25.3 Å². The Morgan fingerprint density at radius 1 is 1.14 bits per heavy atom. The van der Waals surface area contributed by atoms with Crippen molar-refractivity contribution in [2.75, 3.05) is 27.8 Å². The Kier molecular flexibility index (Phi) is 36.7. The Morgan fingerprint density at radius 2 is 1.71 bits per heavy atom. The molecular weight excluding hydrogens is 348 g/mol. The minimum absolute atomic E-state index is 0. The fraction of sp³-hybridized carbons (Fsp3) is 0.667. The van der Waals surface area contributed by atoms with Crippen LogP contribution in [0.5, 0.6) is 0 Å². The summed E-state index contributed by atoms with van der Waals surface area (Å²) in [6, 6.07) is 0. The van der Waals surface area contributed by atoms with Gasteiger partial charge in [-0.3, -0.25) is 0 Å². The molecule has 1 fully saturated rings. The molecule has 28 heavy (non-hydrogen) atoms. The van der Waals surface area contributed by atoms with Crippen LogP contribution in [0.4, 0.5) is 0 Å². The van der Waals surface area contributed by atoms with Crippen LogP contribution in [0.1, 0.15) is 74.1 Å². The second-order valence-electron chi connectivity index (χ2n) is 6.06. The fourth-order valence-electron chi connectivity index (χ4n) is 2.38. The Balaban J connectivity index is -0.000000199. The quantitative estimate of drug-likeness (QED) is 0.354. The maximum Gasteiger partial charge on any atom is 0.118 e. The number of methoxy groups -OCH3 is 1. The molecule has 0 saturated heterocycles. The van der Waals surface area contributed by atoms with E-state index < -0.39 is 0 Å². The van der Waals surface area contributed by atoms with Crippen LogP contribution in [0.15, 0.2) is 48.0 Å². The molecule has 1 aliphatic carbocycles. The summed E-state index contributed by atoms with van der Waals surface area (Å²) in [6.07, 6.45) is 18.9. The van der Waals surface area contributed by atoms with Crippen molar-refractivity contribution in [1.82, 2.24) is 10.6 Å². The second-order valence-corrected chi connectivity index (χ2v) is 6.06. The molecule has 3 N–H and O–H groups in total. The molecule has 0 aromatic rings. The normalized spacial score (nSPS) is 14.6. The number of aliphatic hydroxyl groups excluding tert-OH is 1. The first-order chi connectivity index (χ1) is 13.1. The van der Waals surface area contributed by atoms with E-state index in [1.54, 1.807) is 7.11 Å². The molecule has 168 valence electrons. The summed E-state index contributed by atoms with van der Waals surface area (Å²) in [7, 11) is 4.59. The van der Waals surface area contributed by atoms with Crippen LogP contribution in [0.2, 0.25) is 0 Å². The van der Waals surface area contributed by atoms with Gasteiger partial charge < -0.3 is 20.5 Å². The third kappa shape index (κ3) is 26.7. The summed E-state index contributed by atoms with van der Waals surface area (Å²) in [5, 5.41) is 13.2. The van der Waals surface area contributed by atoms with Crippen LogP contribution in [0.3, 0.4) is 0 Å². The van der Waals surface area contributed by atoms with E-state index in [2.05, 4.69) is 24.5 Å². The van der Waals surface area contributed by atoms with Gasteiger partial charge in [0.25, 0.3) is 0 Å². The smallest absolute Gasteiger partial charge is 0.118 e. The van der Waals surface area contributed by atoms with E-state index in [9.17, 15) is 0 Å². The molecule has 0 unspecified atom stereocenters. The summed E-state index contributed by atoms with van der Waals surface area (Å²) in [5.74, 6) is 1.87. The van der Waals surface area contributed by atoms with Gasteiger partial charge in [0.15, 0.2) is 0 Å². The van der Waals surface area contributed by atoms with Crippen molar-refractivity contribution < 1.29 is 9.84 Å². The van der Waals surface area contributed by atoms with E-state index in [-0.39, 0.29) is 7.43 Å². The lowest BCUT2D eigenvalue weighted by molar-refractivity contribution is 0.307. The zero-order chi connectivity index (χ0) is 21.3. The van der Waals surface area contributed by atoms with Crippen LogP contribution >= 0.6 is 0 Å². The van der Waals surface area contributed by atoms with Gasteiger partial charge in [-0.05, 0) is 50.6 Å². The van der Waals surface area contributed by atoms with Crippen LogP contribution < -0.4 is 10.6 Å². The van der Waals surface area contributed by atoms with Gasteiger partial charge >= 0.3 is 0 Å². The van der Waals surface area contributed by atoms with Crippen molar-refractivity contribution in [3.05, 3.63) is 48.0 Å². The molecule has 1 saturated carbocycles. The molecule has 1 rings (SSSR count). The Hall–Kier alpha value is -1.52. The molecular formula is C24H50N2O2. The lowest BCUT2D eigenvalue weighted by Crippen LogP contribution is -2.10. The maximum absolute atomic E-state index is 7.00. The molecule has 0 heterocycles. The summed E-state index contributed by atoms with van der Waals surface area (Å²) >= 11 is 0. The first-order valence-electron chi connectivity index (χ1n) is 10.2. The number of aliphatic hydroxyl groups is 1. The van der Waals surface area contributed by atoms with Crippen molar-refractivity contribution in [2.24, 2.45) is 5.92 Å². The molecule has 0 radical (unpaired) electrons. The highest BCUT2D eigenvalue weighted by atomic mass is 16.5. The largest absolute Gasteiger partial charge is 0.497 e. The number of hydrogen-bond acceptors (Lipinski definition) is 4. The summed E-state index contributed by atoms with van der Waals surface area (Å²) < 4.78 is 5.13. The molecule has 1 aliphatic rings. The van der Waals surface area contributed by atoms with Gasteiger partial charge in [0.05, 0.1) is 7.11 Å². The average molecular weight is 399 g/mol. The lowest BCUT2D eigenvalue weighted by atomic mass is 9.91. The van der Waals surface area contributed by atoms with Crippen LogP contribution in [0, 0.1) is 5.92 Å². The van der Waals surface area contributed by atoms with Gasteiger partial charge in [0.1, 0.15) is 5.76 Å². The van der Waals surface area contributed by atoms with Gasteiger partial charge in [0.2, 0.25) is 0 Å². The third-order valence-electron chi connectivity index (χ3n) is 3.70. The van der Waals surface area contributed by atoms with E-state index in [1.807, 2.05) is 64.5 Å². The minimum Gasteiger partial charge on any atom is -0.497 e. The molecule has 0 bridgehead atoms. The monoisotopic (exact) mass is 398 g/mol. The van der Waals surface area contributed by atoms with E-state index >= 15 is 0 Å². The Bertz CT molecular complexity index is 393. The molecule has 0 spiro atoms. The molecule has 0 aromatic carbocycles. The predicted molar refractivity (Wildman–Crippen MR) is 128 cm³/mol. The number of rotatable bonds is 7. The number of likely N-dealkylation sites (N-methyl/N-ethyl adjacent to an activating group) is 1. The molecule has 4 nitrogen and oxygen atoms in total. The van der Waals surface area contributed by atoms with E-state index in [4.69, 9.17) is 9.84 Å². The van der Waals surface area contributed by atoms with Gasteiger partial charge in [-0.25, -0.2) is 0 Å². The molecule has 0 atom stereocenters. The Morgan fingerprint density at radius 3 is 2.11 bits per heavy atom. The van der Waals surface area contributed by atoms with Gasteiger partial charge in [0, 0.05) is 26.1 Å². The molecule has 4 heteroatoms. The van der Waals surface area contributed by atoms with Crippen molar-refractivity contribution in [1.29, 1.82) is 0 Å². The van der Waals surface area contributed by atoms with Crippen molar-refractivity contribution >= 4 is 0 Å². The first-order valence-corrected chi connectivity index (χ1v) is 10.2. The standard InChI is InChI=1S/C13H22N2O.C7H14.C2H6.CH4O.CH4/c1-5-7-13(16-4)8-6-9-15-11-12(2)10-14-3;1-7-5-3-2-4-6-7;2*1-2;/h5-9,11,14-15H,10H2,1-4H3;7H,2-6H2,1H3;1-2H3;2H,1H3;1H4/b7-5-,9-6+,12-11-,13-8+;;;;. The highest BCUT2D eigenvalue weighted by molar-refractivity contribution is 5.18. The Labute approximate surface area is 176 Å². The van der Waals surface area contributed by atoms with Crippen molar-refractivity contribution in [3.8, 4) is 0 Å². The third-order valence-corrected chi connectivity index (χ3v) is 3.70. The molecule has 0 aromatic heterocycles. The van der Waals surface area contributed by atoms with Crippen LogP contribution in [-0.4, -0.2) is 32.9 Å². The average Bonchev–Trinajstić information content (AvgIpc) is 2.71. The lowest BCUT2D eigenvalue weighted by Gasteiger charge is -2.15. The zero-order valence-electron chi connectivity index (χ0n) is 19.1. The van der Waals surface area contributed by atoms with Crippen molar-refractivity contribution in [2.45, 2.75) is 74.1 Å². The summed E-state index contributed by atoms with van der Waals surface area (Å²) in [6.45, 7) is 11.3. The zero-order valence-corrected chi connectivity index (χ0v) is 19.1. The maximum atomic E-state index is 7.00. The number of nitrogens with one attached hydrogen (secondary N) is 2. The van der Waals surface area contributed by atoms with Crippen molar-refractivity contribution in [3.63, 3.8) is 0 Å². The highest BCUT2D eigenvalue weighted by Gasteiger charge is 2.05. The number of ether oxygens (including phenoxy) is 1. The fourth-order valence-corrected chi connectivity index (χ4v) is 2.38.